The molecule has 0 saturated carbocycles. The minimum absolute atomic E-state index is 0.0480. The Bertz CT molecular complexity index is 2900. The van der Waals surface area contributed by atoms with E-state index >= 15 is 0 Å². The Morgan fingerprint density at radius 1 is 0.393 bits per heavy atom. The lowest BCUT2D eigenvalue weighted by molar-refractivity contribution is -0.143. The van der Waals surface area contributed by atoms with Gasteiger partial charge in [-0.2, -0.15) is 57.9 Å². The van der Waals surface area contributed by atoms with Gasteiger partial charge < -0.3 is 9.13 Å². The van der Waals surface area contributed by atoms with Gasteiger partial charge in [-0.05, 0) is 84.4 Å². The molecule has 0 N–H and O–H groups in total. The topological polar surface area (TPSA) is 33.6 Å². The second kappa shape index (κ2) is 12.3. The Morgan fingerprint density at radius 2 is 0.804 bits per heavy atom. The van der Waals surface area contributed by atoms with E-state index in [2.05, 4.69) is 0 Å². The fraction of sp³-hybridized carbons (Fsp3) is 0.0976. The minimum atomic E-state index is -5.27. The molecule has 15 heteroatoms. The maximum atomic E-state index is 14.3. The van der Waals surface area contributed by atoms with Crippen molar-refractivity contribution in [2.75, 3.05) is 0 Å². The molecular formula is C41H19F12N3. The van der Waals surface area contributed by atoms with Crippen molar-refractivity contribution in [1.29, 1.82) is 5.26 Å². The minimum Gasteiger partial charge on any atom is -0.309 e. The van der Waals surface area contributed by atoms with E-state index in [0.29, 0.717) is 17.5 Å². The summed E-state index contributed by atoms with van der Waals surface area (Å²) in [4.78, 5) is 0. The van der Waals surface area contributed by atoms with Crippen LogP contribution in [0.25, 0.3) is 66.1 Å². The summed E-state index contributed by atoms with van der Waals surface area (Å²) in [7, 11) is 0. The van der Waals surface area contributed by atoms with Crippen molar-refractivity contribution in [3.8, 4) is 28.6 Å². The van der Waals surface area contributed by atoms with Crippen LogP contribution < -0.4 is 0 Å². The quantitative estimate of drug-likeness (QED) is 0.164. The summed E-state index contributed by atoms with van der Waals surface area (Å²) in [5.41, 5.74) is -6.07. The molecule has 8 aromatic rings. The predicted molar refractivity (Wildman–Crippen MR) is 185 cm³/mol. The summed E-state index contributed by atoms with van der Waals surface area (Å²) >= 11 is 0. The molecule has 8 rings (SSSR count). The van der Waals surface area contributed by atoms with Gasteiger partial charge in [0.15, 0.2) is 0 Å². The number of nitrogens with zero attached hydrogens (tertiary/aromatic N) is 3. The predicted octanol–water partition coefficient (Wildman–Crippen LogP) is 13.5. The molecule has 56 heavy (non-hydrogen) atoms. The van der Waals surface area contributed by atoms with E-state index < -0.39 is 52.5 Å². The standard InChI is InChI=1S/C41H19F12N3/c42-38(43,44)23-9-11-34-30(17-23)27-5-1-3-7-32(27)55(34)36-19-29(21-13-25(40(48,49)50)16-26(14-21)41(51,52)53)37(15-22(36)20-54)56-33-8-4-2-6-28(33)31-18-24(39(45,46)47)10-12-35(31)56/h1-19H. The number of hydrogen-bond donors (Lipinski definition) is 0. The Balaban J connectivity index is 1.54. The van der Waals surface area contributed by atoms with Crippen molar-refractivity contribution in [1.82, 2.24) is 9.13 Å². The molecule has 2 heterocycles. The molecule has 0 aliphatic carbocycles. The third kappa shape index (κ3) is 5.96. The van der Waals surface area contributed by atoms with Crippen LogP contribution in [0.3, 0.4) is 0 Å². The summed E-state index contributed by atoms with van der Waals surface area (Å²) in [6.45, 7) is 0. The van der Waals surface area contributed by atoms with Crippen molar-refractivity contribution in [3.05, 3.63) is 143 Å². The highest BCUT2D eigenvalue weighted by molar-refractivity contribution is 6.11. The second-order valence-corrected chi connectivity index (χ2v) is 13.0. The first kappa shape index (κ1) is 36.5. The molecule has 2 aromatic heterocycles. The number of hydrogen-bond acceptors (Lipinski definition) is 1. The Kier molecular flexibility index (Phi) is 8.02. The highest BCUT2D eigenvalue weighted by atomic mass is 19.4. The first-order chi connectivity index (χ1) is 26.3. The fourth-order valence-electron chi connectivity index (χ4n) is 7.20. The average molecular weight is 782 g/mol. The van der Waals surface area contributed by atoms with Gasteiger partial charge in [0, 0.05) is 27.1 Å². The Hall–Kier alpha value is -6.43. The lowest BCUT2D eigenvalue weighted by atomic mass is 9.95. The fourth-order valence-corrected chi connectivity index (χ4v) is 7.20. The van der Waals surface area contributed by atoms with Crippen molar-refractivity contribution in [2.24, 2.45) is 0 Å². The van der Waals surface area contributed by atoms with E-state index in [1.807, 2.05) is 6.07 Å². The summed E-state index contributed by atoms with van der Waals surface area (Å²) < 4.78 is 172. The van der Waals surface area contributed by atoms with E-state index in [-0.39, 0.29) is 66.8 Å². The van der Waals surface area contributed by atoms with Gasteiger partial charge in [0.05, 0.1) is 61.3 Å². The molecular weight excluding hydrogens is 762 g/mol. The number of rotatable bonds is 3. The number of alkyl halides is 12. The number of para-hydroxylation sites is 2. The molecule has 0 saturated heterocycles. The van der Waals surface area contributed by atoms with Crippen LogP contribution in [-0.4, -0.2) is 9.13 Å². The van der Waals surface area contributed by atoms with Gasteiger partial charge >= 0.3 is 24.7 Å². The molecule has 282 valence electrons. The van der Waals surface area contributed by atoms with Crippen LogP contribution in [0.2, 0.25) is 0 Å². The van der Waals surface area contributed by atoms with Crippen LogP contribution >= 0.6 is 0 Å². The molecule has 3 nitrogen and oxygen atoms in total. The van der Waals surface area contributed by atoms with Crippen molar-refractivity contribution < 1.29 is 52.7 Å². The Morgan fingerprint density at radius 3 is 1.23 bits per heavy atom. The van der Waals surface area contributed by atoms with Gasteiger partial charge in [0.1, 0.15) is 6.07 Å². The van der Waals surface area contributed by atoms with Gasteiger partial charge in [0.2, 0.25) is 0 Å². The van der Waals surface area contributed by atoms with Gasteiger partial charge in [-0.1, -0.05) is 36.4 Å². The maximum Gasteiger partial charge on any atom is 0.416 e. The van der Waals surface area contributed by atoms with Gasteiger partial charge in [-0.3, -0.25) is 0 Å². The summed E-state index contributed by atoms with van der Waals surface area (Å²) in [6, 6.07) is 23.1. The highest BCUT2D eigenvalue weighted by Crippen LogP contribution is 2.45. The smallest absolute Gasteiger partial charge is 0.309 e. The monoisotopic (exact) mass is 781 g/mol. The number of nitriles is 1. The van der Waals surface area contributed by atoms with E-state index in [1.54, 1.807) is 12.1 Å². The summed E-state index contributed by atoms with van der Waals surface area (Å²) in [5.74, 6) is 0. The molecule has 0 unspecified atom stereocenters. The van der Waals surface area contributed by atoms with Crippen LogP contribution in [0.5, 0.6) is 0 Å². The van der Waals surface area contributed by atoms with Crippen molar-refractivity contribution in [2.45, 2.75) is 24.7 Å². The zero-order valence-electron chi connectivity index (χ0n) is 27.8. The molecule has 0 amide bonds. The third-order valence-corrected chi connectivity index (χ3v) is 9.61. The number of benzene rings is 6. The average Bonchev–Trinajstić information content (AvgIpc) is 3.65. The van der Waals surface area contributed by atoms with E-state index in [1.165, 1.54) is 51.6 Å². The van der Waals surface area contributed by atoms with Crippen LogP contribution in [0.15, 0.2) is 115 Å². The van der Waals surface area contributed by atoms with Crippen molar-refractivity contribution in [3.63, 3.8) is 0 Å². The molecule has 0 aliphatic heterocycles. The van der Waals surface area contributed by atoms with Crippen LogP contribution in [0.4, 0.5) is 52.7 Å². The highest BCUT2D eigenvalue weighted by Gasteiger charge is 2.38. The number of fused-ring (bicyclic) bond motifs is 6. The first-order valence-corrected chi connectivity index (χ1v) is 16.4. The van der Waals surface area contributed by atoms with E-state index in [4.69, 9.17) is 0 Å². The first-order valence-electron chi connectivity index (χ1n) is 16.4. The number of halogens is 12. The van der Waals surface area contributed by atoms with Gasteiger partial charge in [0.25, 0.3) is 0 Å². The molecule has 0 radical (unpaired) electrons. The lowest BCUT2D eigenvalue weighted by Gasteiger charge is -2.20. The van der Waals surface area contributed by atoms with E-state index in [9.17, 15) is 57.9 Å². The Labute approximate surface area is 306 Å². The summed E-state index contributed by atoms with van der Waals surface area (Å²) in [5, 5.41) is 11.3. The molecule has 0 atom stereocenters. The SMILES string of the molecule is N#Cc1cc(-n2c3ccccc3c3cc(C(F)(F)F)ccc32)c(-c2cc(C(F)(F)F)cc(C(F)(F)F)c2)cc1-n1c2ccccc2c2cc(C(F)(F)F)ccc21. The number of aromatic nitrogens is 2. The summed E-state index contributed by atoms with van der Waals surface area (Å²) in [6.07, 6.45) is -20.1. The van der Waals surface area contributed by atoms with Gasteiger partial charge in [-0.15, -0.1) is 0 Å². The van der Waals surface area contributed by atoms with Crippen molar-refractivity contribution >= 4 is 43.6 Å². The maximum absolute atomic E-state index is 14.3. The second-order valence-electron chi connectivity index (χ2n) is 13.0. The van der Waals surface area contributed by atoms with Gasteiger partial charge in [-0.25, -0.2) is 0 Å². The molecule has 0 bridgehead atoms. The van der Waals surface area contributed by atoms with Crippen LogP contribution in [0, 0.1) is 11.3 Å². The molecule has 0 spiro atoms. The zero-order valence-corrected chi connectivity index (χ0v) is 27.8. The van der Waals surface area contributed by atoms with E-state index in [0.717, 1.165) is 42.5 Å². The lowest BCUT2D eigenvalue weighted by Crippen LogP contribution is -2.11. The van der Waals surface area contributed by atoms with Crippen LogP contribution in [-0.2, 0) is 24.7 Å². The third-order valence-electron chi connectivity index (χ3n) is 9.61. The normalized spacial score (nSPS) is 13.0. The molecule has 0 fully saturated rings. The molecule has 0 aliphatic rings. The van der Waals surface area contributed by atoms with Crippen LogP contribution in [0.1, 0.15) is 27.8 Å². The molecule has 6 aromatic carbocycles. The largest absolute Gasteiger partial charge is 0.416 e. The zero-order chi connectivity index (χ0) is 40.1.